The fraction of sp³-hybridized carbons (Fsp3) is 0.364. The fourth-order valence-corrected chi connectivity index (χ4v) is 3.61. The maximum Gasteiger partial charge on any atom is 0.408 e. The minimum absolute atomic E-state index is 0.0237. The zero-order chi connectivity index (χ0) is 24.5. The molecule has 0 aromatic carbocycles. The van der Waals surface area contributed by atoms with E-state index in [1.807, 2.05) is 24.4 Å². The minimum atomic E-state index is -4.54. The topological polar surface area (TPSA) is 105 Å². The van der Waals surface area contributed by atoms with E-state index >= 15 is 0 Å². The number of alkyl halides is 3. The number of methoxy groups -OCH3 is 1. The van der Waals surface area contributed by atoms with Crippen molar-refractivity contribution >= 4 is 28.8 Å². The first-order chi connectivity index (χ1) is 16.2. The van der Waals surface area contributed by atoms with E-state index < -0.39 is 18.1 Å². The molecule has 1 aliphatic heterocycles. The van der Waals surface area contributed by atoms with Gasteiger partial charge in [-0.15, -0.1) is 0 Å². The first kappa shape index (κ1) is 23.5. The number of carbonyl (C=O) groups excluding carboxylic acids is 1. The molecule has 0 saturated carbocycles. The Kier molecular flexibility index (Phi) is 6.42. The van der Waals surface area contributed by atoms with Crippen LogP contribution >= 0.6 is 0 Å². The van der Waals surface area contributed by atoms with Crippen LogP contribution in [-0.2, 0) is 4.74 Å². The van der Waals surface area contributed by atoms with Crippen molar-refractivity contribution in [2.75, 3.05) is 30.9 Å². The van der Waals surface area contributed by atoms with Gasteiger partial charge in [-0.3, -0.25) is 4.79 Å². The second-order valence-electron chi connectivity index (χ2n) is 8.00. The molecule has 9 nitrogen and oxygen atoms in total. The van der Waals surface area contributed by atoms with Gasteiger partial charge in [-0.2, -0.15) is 23.3 Å². The van der Waals surface area contributed by atoms with Gasteiger partial charge in [0.15, 0.2) is 0 Å². The first-order valence-corrected chi connectivity index (χ1v) is 10.6. The Labute approximate surface area is 193 Å². The number of hydrogen-bond donors (Lipinski definition) is 3. The van der Waals surface area contributed by atoms with Crippen LogP contribution < -0.4 is 16.0 Å². The summed E-state index contributed by atoms with van der Waals surface area (Å²) in [5.41, 5.74) is 2.79. The summed E-state index contributed by atoms with van der Waals surface area (Å²) in [7, 11) is 1.62. The normalized spacial score (nSPS) is 15.2. The molecule has 0 saturated heterocycles. The number of carbonyl (C=O) groups is 1. The van der Waals surface area contributed by atoms with Gasteiger partial charge in [-0.05, 0) is 37.1 Å². The van der Waals surface area contributed by atoms with Gasteiger partial charge in [0.05, 0.1) is 23.9 Å². The number of anilines is 2. The molecule has 4 rings (SSSR count). The third-order valence-corrected chi connectivity index (χ3v) is 5.36. The standard InChI is InChI=1S/C22H24F3N7O2/c1-12(11-34-3)29-21-27-9-16-15(4-6-26-19(16)31-21)14-5-7-32-18(8-14)17(10-28-32)20(33)30-13(2)22(23,24)25/h4-5,7-10,12-13H,6,11H2,1-3H3,(H,30,33)(H2,26,27,29,31)/t12-,13+/m0/s1. The van der Waals surface area contributed by atoms with Gasteiger partial charge < -0.3 is 20.7 Å². The molecular weight excluding hydrogens is 451 g/mol. The summed E-state index contributed by atoms with van der Waals surface area (Å²) >= 11 is 0. The summed E-state index contributed by atoms with van der Waals surface area (Å²) < 4.78 is 45.2. The van der Waals surface area contributed by atoms with Crippen molar-refractivity contribution in [2.45, 2.75) is 32.1 Å². The zero-order valence-corrected chi connectivity index (χ0v) is 18.8. The maximum atomic E-state index is 12.9. The van der Waals surface area contributed by atoms with Crippen LogP contribution in [0.1, 0.15) is 35.3 Å². The second kappa shape index (κ2) is 9.29. The zero-order valence-electron chi connectivity index (χ0n) is 18.8. The second-order valence-corrected chi connectivity index (χ2v) is 8.00. The van der Waals surface area contributed by atoms with E-state index in [1.165, 1.54) is 10.7 Å². The van der Waals surface area contributed by atoms with E-state index in [1.54, 1.807) is 25.6 Å². The third kappa shape index (κ3) is 4.81. The molecule has 0 radical (unpaired) electrons. The predicted molar refractivity (Wildman–Crippen MR) is 121 cm³/mol. The molecule has 0 fully saturated rings. The highest BCUT2D eigenvalue weighted by Gasteiger charge is 2.37. The lowest BCUT2D eigenvalue weighted by Gasteiger charge is -2.20. The van der Waals surface area contributed by atoms with Gasteiger partial charge in [0.2, 0.25) is 5.95 Å². The molecule has 1 amide bonds. The van der Waals surface area contributed by atoms with Crippen molar-refractivity contribution < 1.29 is 22.7 Å². The third-order valence-electron chi connectivity index (χ3n) is 5.36. The lowest BCUT2D eigenvalue weighted by atomic mass is 9.97. The Morgan fingerprint density at radius 1 is 1.32 bits per heavy atom. The Bertz CT molecular complexity index is 1240. The van der Waals surface area contributed by atoms with Crippen LogP contribution in [-0.4, -0.2) is 64.0 Å². The molecule has 34 heavy (non-hydrogen) atoms. The molecule has 3 N–H and O–H groups in total. The predicted octanol–water partition coefficient (Wildman–Crippen LogP) is 3.11. The Hall–Kier alpha value is -3.67. The lowest BCUT2D eigenvalue weighted by Crippen LogP contribution is -2.43. The first-order valence-electron chi connectivity index (χ1n) is 10.6. The van der Waals surface area contributed by atoms with E-state index in [0.29, 0.717) is 30.4 Å². The van der Waals surface area contributed by atoms with Gasteiger partial charge in [-0.25, -0.2) is 9.50 Å². The number of halogens is 3. The minimum Gasteiger partial charge on any atom is -0.383 e. The molecule has 0 spiro atoms. The number of aromatic nitrogens is 4. The van der Waals surface area contributed by atoms with Gasteiger partial charge in [0.25, 0.3) is 5.91 Å². The van der Waals surface area contributed by atoms with Crippen LogP contribution in [0.3, 0.4) is 0 Å². The lowest BCUT2D eigenvalue weighted by molar-refractivity contribution is -0.149. The van der Waals surface area contributed by atoms with Gasteiger partial charge in [0.1, 0.15) is 11.9 Å². The molecule has 12 heteroatoms. The van der Waals surface area contributed by atoms with Gasteiger partial charge in [-0.1, -0.05) is 6.08 Å². The molecule has 0 aliphatic carbocycles. The Morgan fingerprint density at radius 2 is 2.12 bits per heavy atom. The van der Waals surface area contributed by atoms with Gasteiger partial charge >= 0.3 is 6.18 Å². The van der Waals surface area contributed by atoms with E-state index in [0.717, 1.165) is 23.6 Å². The molecule has 3 aromatic heterocycles. The summed E-state index contributed by atoms with van der Waals surface area (Å²) in [6.07, 6.45) is 2.02. The summed E-state index contributed by atoms with van der Waals surface area (Å²) in [5, 5.41) is 12.5. The van der Waals surface area contributed by atoms with E-state index in [9.17, 15) is 18.0 Å². The highest BCUT2D eigenvalue weighted by Crippen LogP contribution is 2.32. The highest BCUT2D eigenvalue weighted by atomic mass is 19.4. The van der Waals surface area contributed by atoms with Crippen molar-refractivity contribution in [1.29, 1.82) is 0 Å². The van der Waals surface area contributed by atoms with E-state index in [2.05, 4.69) is 25.7 Å². The van der Waals surface area contributed by atoms with Crippen molar-refractivity contribution in [3.05, 3.63) is 53.5 Å². The number of nitrogens with zero attached hydrogens (tertiary/aromatic N) is 4. The number of nitrogens with one attached hydrogen (secondary N) is 3. The summed E-state index contributed by atoms with van der Waals surface area (Å²) in [6.45, 7) is 3.87. The average Bonchev–Trinajstić information content (AvgIpc) is 3.21. The molecular formula is C22H24F3N7O2. The SMILES string of the molecule is COC[C@H](C)Nc1ncc2c(n1)NCC=C2c1ccn2ncc(C(=O)N[C@H](C)C(F)(F)F)c2c1. The number of pyridine rings is 1. The van der Waals surface area contributed by atoms with Crippen LogP contribution in [0.15, 0.2) is 36.8 Å². The van der Waals surface area contributed by atoms with Crippen LogP contribution in [0.4, 0.5) is 24.9 Å². The Morgan fingerprint density at radius 3 is 2.85 bits per heavy atom. The maximum absolute atomic E-state index is 12.9. The van der Waals surface area contributed by atoms with Crippen LogP contribution in [0.25, 0.3) is 11.1 Å². The number of ether oxygens (including phenoxy) is 1. The largest absolute Gasteiger partial charge is 0.408 e. The number of fused-ring (bicyclic) bond motifs is 2. The average molecular weight is 475 g/mol. The quantitative estimate of drug-likeness (QED) is 0.482. The van der Waals surface area contributed by atoms with Crippen molar-refractivity contribution in [1.82, 2.24) is 24.9 Å². The van der Waals surface area contributed by atoms with Gasteiger partial charge in [0, 0.05) is 37.7 Å². The highest BCUT2D eigenvalue weighted by molar-refractivity contribution is 6.01. The van der Waals surface area contributed by atoms with Crippen LogP contribution in [0.5, 0.6) is 0 Å². The number of amides is 1. The molecule has 3 aromatic rings. The molecule has 2 atom stereocenters. The molecule has 180 valence electrons. The summed E-state index contributed by atoms with van der Waals surface area (Å²) in [5.74, 6) is 0.256. The monoisotopic (exact) mass is 475 g/mol. The van der Waals surface area contributed by atoms with E-state index in [4.69, 9.17) is 4.74 Å². The molecule has 0 unspecified atom stereocenters. The Balaban J connectivity index is 1.63. The molecule has 4 heterocycles. The van der Waals surface area contributed by atoms with Crippen LogP contribution in [0, 0.1) is 0 Å². The van der Waals surface area contributed by atoms with E-state index in [-0.39, 0.29) is 11.6 Å². The summed E-state index contributed by atoms with van der Waals surface area (Å²) in [4.78, 5) is 21.5. The van der Waals surface area contributed by atoms with Crippen LogP contribution in [0.2, 0.25) is 0 Å². The molecule has 0 bridgehead atoms. The smallest absolute Gasteiger partial charge is 0.383 e. The summed E-state index contributed by atoms with van der Waals surface area (Å²) in [6, 6.07) is 1.57. The number of hydrogen-bond acceptors (Lipinski definition) is 7. The fourth-order valence-electron chi connectivity index (χ4n) is 3.61. The number of rotatable bonds is 7. The van der Waals surface area contributed by atoms with Crippen molar-refractivity contribution in [2.24, 2.45) is 0 Å². The molecule has 1 aliphatic rings. The van der Waals surface area contributed by atoms with Crippen molar-refractivity contribution in [3.8, 4) is 0 Å². The van der Waals surface area contributed by atoms with Crippen molar-refractivity contribution in [3.63, 3.8) is 0 Å².